The predicted octanol–water partition coefficient (Wildman–Crippen LogP) is 4.05. The van der Waals surface area contributed by atoms with E-state index in [2.05, 4.69) is 48.5 Å². The van der Waals surface area contributed by atoms with Crippen LogP contribution in [0.25, 0.3) is 0 Å². The molecule has 0 saturated heterocycles. The van der Waals surface area contributed by atoms with E-state index < -0.39 is 0 Å². The van der Waals surface area contributed by atoms with E-state index in [0.717, 1.165) is 30.5 Å². The van der Waals surface area contributed by atoms with Crippen molar-refractivity contribution >= 4 is 29.9 Å². The maximum Gasteiger partial charge on any atom is 0.191 e. The first-order chi connectivity index (χ1) is 10.5. The second-order valence-corrected chi connectivity index (χ2v) is 6.94. The number of nitrogens with zero attached hydrogens (tertiary/aromatic N) is 2. The molecule has 23 heavy (non-hydrogen) atoms. The highest BCUT2D eigenvalue weighted by Gasteiger charge is 2.28. The van der Waals surface area contributed by atoms with Gasteiger partial charge in [0.1, 0.15) is 6.54 Å². The summed E-state index contributed by atoms with van der Waals surface area (Å²) < 4.78 is 5.34. The van der Waals surface area contributed by atoms with E-state index >= 15 is 0 Å². The number of guanidine groups is 1. The first kappa shape index (κ1) is 20.3. The van der Waals surface area contributed by atoms with E-state index in [4.69, 9.17) is 4.52 Å². The van der Waals surface area contributed by atoms with Crippen molar-refractivity contribution in [2.75, 3.05) is 13.1 Å². The lowest BCUT2D eigenvalue weighted by atomic mass is 9.89. The van der Waals surface area contributed by atoms with Gasteiger partial charge in [-0.1, -0.05) is 38.8 Å². The number of aromatic nitrogens is 1. The third-order valence-electron chi connectivity index (χ3n) is 4.40. The Morgan fingerprint density at radius 2 is 2.04 bits per heavy atom. The highest BCUT2D eigenvalue weighted by Crippen LogP contribution is 2.36. The summed E-state index contributed by atoms with van der Waals surface area (Å²) in [5.41, 5.74) is 1.40. The molecule has 0 aromatic carbocycles. The van der Waals surface area contributed by atoms with Crippen LogP contribution >= 0.6 is 24.0 Å². The van der Waals surface area contributed by atoms with Crippen molar-refractivity contribution in [3.05, 3.63) is 17.5 Å². The molecule has 2 N–H and O–H groups in total. The van der Waals surface area contributed by atoms with Gasteiger partial charge in [-0.05, 0) is 31.1 Å². The topological polar surface area (TPSA) is 62.5 Å². The molecule has 5 nitrogen and oxygen atoms in total. The summed E-state index contributed by atoms with van der Waals surface area (Å²) >= 11 is 0. The fraction of sp³-hybridized carbons (Fsp3) is 0.765. The van der Waals surface area contributed by atoms with E-state index in [1.165, 1.54) is 25.7 Å². The summed E-state index contributed by atoms with van der Waals surface area (Å²) in [6, 6.07) is 2.00. The Balaban J connectivity index is 0.00000264. The van der Waals surface area contributed by atoms with Crippen LogP contribution in [0.1, 0.15) is 70.8 Å². The molecular weight excluding hydrogens is 403 g/mol. The average molecular weight is 434 g/mol. The minimum Gasteiger partial charge on any atom is -0.359 e. The lowest BCUT2D eigenvalue weighted by Crippen LogP contribution is -2.42. The van der Waals surface area contributed by atoms with Crippen LogP contribution in [0, 0.1) is 5.41 Å². The lowest BCUT2D eigenvalue weighted by Gasteiger charge is -2.25. The largest absolute Gasteiger partial charge is 0.359 e. The van der Waals surface area contributed by atoms with Crippen molar-refractivity contribution in [2.24, 2.45) is 10.4 Å². The second-order valence-electron chi connectivity index (χ2n) is 6.94. The molecule has 1 aliphatic carbocycles. The van der Waals surface area contributed by atoms with Gasteiger partial charge in [0.25, 0.3) is 0 Å². The lowest BCUT2D eigenvalue weighted by molar-refractivity contribution is 0.333. The third-order valence-corrected chi connectivity index (χ3v) is 4.40. The number of aliphatic imine (C=N–C) groups is 1. The van der Waals surface area contributed by atoms with Crippen molar-refractivity contribution < 1.29 is 4.52 Å². The molecule has 6 heteroatoms. The van der Waals surface area contributed by atoms with Gasteiger partial charge >= 0.3 is 0 Å². The van der Waals surface area contributed by atoms with Crippen molar-refractivity contribution in [1.29, 1.82) is 0 Å². The molecule has 0 unspecified atom stereocenters. The quantitative estimate of drug-likeness (QED) is 0.403. The SMILES string of the molecule is CCNC(=NCc1cc(C(C)C)no1)NCC1(C)CCCC1.I. The zero-order chi connectivity index (χ0) is 16.0. The zero-order valence-corrected chi connectivity index (χ0v) is 17.1. The van der Waals surface area contributed by atoms with Gasteiger partial charge < -0.3 is 15.2 Å². The van der Waals surface area contributed by atoms with Crippen LogP contribution in [-0.4, -0.2) is 24.2 Å². The van der Waals surface area contributed by atoms with E-state index in [1.54, 1.807) is 0 Å². The summed E-state index contributed by atoms with van der Waals surface area (Å²) in [6.45, 7) is 11.0. The molecule has 0 atom stereocenters. The highest BCUT2D eigenvalue weighted by molar-refractivity contribution is 14.0. The number of hydrogen-bond donors (Lipinski definition) is 2. The molecule has 1 fully saturated rings. The maximum absolute atomic E-state index is 5.34. The van der Waals surface area contributed by atoms with E-state index in [0.29, 0.717) is 17.9 Å². The summed E-state index contributed by atoms with van der Waals surface area (Å²) in [7, 11) is 0. The molecule has 1 aromatic heterocycles. The Morgan fingerprint density at radius 1 is 1.35 bits per heavy atom. The van der Waals surface area contributed by atoms with Crippen LogP contribution in [0.5, 0.6) is 0 Å². The van der Waals surface area contributed by atoms with E-state index in [9.17, 15) is 0 Å². The van der Waals surface area contributed by atoms with E-state index in [-0.39, 0.29) is 24.0 Å². The smallest absolute Gasteiger partial charge is 0.191 e. The number of rotatable bonds is 6. The van der Waals surface area contributed by atoms with Crippen LogP contribution in [0.15, 0.2) is 15.6 Å². The Bertz CT molecular complexity index is 493. The summed E-state index contributed by atoms with van der Waals surface area (Å²) in [5.74, 6) is 2.06. The first-order valence-electron chi connectivity index (χ1n) is 8.50. The third kappa shape index (κ3) is 6.31. The van der Waals surface area contributed by atoms with Gasteiger partial charge in [-0.15, -0.1) is 24.0 Å². The van der Waals surface area contributed by atoms with E-state index in [1.807, 2.05) is 6.07 Å². The fourth-order valence-electron chi connectivity index (χ4n) is 2.88. The van der Waals surface area contributed by atoms with Crippen LogP contribution in [0.2, 0.25) is 0 Å². The Kier molecular flexibility index (Phi) is 8.36. The molecule has 0 aliphatic heterocycles. The summed E-state index contributed by atoms with van der Waals surface area (Å²) in [4.78, 5) is 4.61. The van der Waals surface area contributed by atoms with Crippen molar-refractivity contribution in [3.8, 4) is 0 Å². The molecular formula is C17H31IN4O. The van der Waals surface area contributed by atoms with Gasteiger partial charge in [0.2, 0.25) is 0 Å². The van der Waals surface area contributed by atoms with Gasteiger partial charge in [-0.25, -0.2) is 4.99 Å². The van der Waals surface area contributed by atoms with Gasteiger partial charge in [-0.3, -0.25) is 0 Å². The number of hydrogen-bond acceptors (Lipinski definition) is 3. The summed E-state index contributed by atoms with van der Waals surface area (Å²) in [6.07, 6.45) is 5.31. The van der Waals surface area contributed by atoms with Crippen molar-refractivity contribution in [3.63, 3.8) is 0 Å². The fourth-order valence-corrected chi connectivity index (χ4v) is 2.88. The molecule has 132 valence electrons. The minimum atomic E-state index is 0. The standard InChI is InChI=1S/C17H30N4O.HI/c1-5-18-16(20-12-17(4)8-6-7-9-17)19-11-14-10-15(13(2)3)21-22-14;/h10,13H,5-9,11-12H2,1-4H3,(H2,18,19,20);1H. The van der Waals surface area contributed by atoms with Gasteiger partial charge in [-0.2, -0.15) is 0 Å². The van der Waals surface area contributed by atoms with Crippen molar-refractivity contribution in [2.45, 2.75) is 65.8 Å². The number of halogens is 1. The Morgan fingerprint density at radius 3 is 2.61 bits per heavy atom. The normalized spacial score (nSPS) is 17.2. The maximum atomic E-state index is 5.34. The van der Waals surface area contributed by atoms with Crippen molar-refractivity contribution in [1.82, 2.24) is 15.8 Å². The first-order valence-corrected chi connectivity index (χ1v) is 8.50. The molecule has 0 bridgehead atoms. The predicted molar refractivity (Wildman–Crippen MR) is 105 cm³/mol. The van der Waals surface area contributed by atoms with Gasteiger partial charge in [0.05, 0.1) is 5.69 Å². The minimum absolute atomic E-state index is 0. The molecule has 1 saturated carbocycles. The Labute approximate surface area is 157 Å². The summed E-state index contributed by atoms with van der Waals surface area (Å²) in [5, 5.41) is 10.9. The molecule has 0 amide bonds. The zero-order valence-electron chi connectivity index (χ0n) is 14.8. The molecule has 1 heterocycles. The van der Waals surface area contributed by atoms with Gasteiger partial charge in [0, 0.05) is 19.2 Å². The second kappa shape index (κ2) is 9.49. The molecule has 0 spiro atoms. The Hall–Kier alpha value is -0.790. The highest BCUT2D eigenvalue weighted by atomic mass is 127. The van der Waals surface area contributed by atoms with Gasteiger partial charge in [0.15, 0.2) is 11.7 Å². The molecule has 0 radical (unpaired) electrons. The van der Waals surface area contributed by atoms with Crippen LogP contribution in [0.3, 0.4) is 0 Å². The molecule has 1 aliphatic rings. The molecule has 1 aromatic rings. The monoisotopic (exact) mass is 434 g/mol. The van der Waals surface area contributed by atoms with Crippen LogP contribution < -0.4 is 10.6 Å². The average Bonchev–Trinajstić information content (AvgIpc) is 3.11. The van der Waals surface area contributed by atoms with Crippen LogP contribution in [-0.2, 0) is 6.54 Å². The number of nitrogens with one attached hydrogen (secondary N) is 2. The molecule has 2 rings (SSSR count). The van der Waals surface area contributed by atoms with Crippen LogP contribution in [0.4, 0.5) is 0 Å².